The quantitative estimate of drug-likeness (QED) is 0.0265. The summed E-state index contributed by atoms with van der Waals surface area (Å²) in [5.74, 6) is -0.825. The molecule has 0 saturated heterocycles. The van der Waals surface area contributed by atoms with Crippen LogP contribution in [-0.2, 0) is 32.7 Å². The molecule has 0 aromatic heterocycles. The maximum Gasteiger partial charge on any atom is 0.472 e. The second-order valence-electron chi connectivity index (χ2n) is 16.7. The second-order valence-corrected chi connectivity index (χ2v) is 18.1. The Morgan fingerprint density at radius 1 is 0.508 bits per heavy atom. The fourth-order valence-corrected chi connectivity index (χ4v) is 7.90. The minimum absolute atomic E-state index is 0.0538. The monoisotopic (exact) mass is 856 g/mol. The van der Waals surface area contributed by atoms with Crippen molar-refractivity contribution in [2.75, 3.05) is 26.4 Å². The number of allylic oxidation sites excluding steroid dienone is 4. The molecule has 9 nitrogen and oxygen atoms in total. The Morgan fingerprint density at radius 2 is 0.881 bits per heavy atom. The summed E-state index contributed by atoms with van der Waals surface area (Å²) in [6.45, 7) is 3.74. The fraction of sp³-hybridized carbons (Fsp3) is 0.878. The molecule has 0 aromatic rings. The van der Waals surface area contributed by atoms with Crippen LogP contribution >= 0.6 is 7.82 Å². The van der Waals surface area contributed by atoms with E-state index in [0.717, 1.165) is 51.4 Å². The van der Waals surface area contributed by atoms with Crippen LogP contribution in [0.25, 0.3) is 0 Å². The second kappa shape index (κ2) is 46.0. The summed E-state index contributed by atoms with van der Waals surface area (Å²) in [5.41, 5.74) is 5.36. The lowest BCUT2D eigenvalue weighted by Crippen LogP contribution is -2.29. The van der Waals surface area contributed by atoms with Crippen LogP contribution in [0.4, 0.5) is 0 Å². The Labute approximate surface area is 363 Å². The number of hydrogen-bond donors (Lipinski definition) is 2. The maximum atomic E-state index is 12.6. The van der Waals surface area contributed by atoms with Gasteiger partial charge in [0.1, 0.15) is 6.61 Å². The van der Waals surface area contributed by atoms with Gasteiger partial charge in [0.05, 0.1) is 13.2 Å². The van der Waals surface area contributed by atoms with Gasteiger partial charge in [-0.25, -0.2) is 4.57 Å². The third-order valence-corrected chi connectivity index (χ3v) is 11.8. The average molecular weight is 856 g/mol. The number of esters is 2. The van der Waals surface area contributed by atoms with Crippen molar-refractivity contribution < 1.29 is 37.6 Å². The number of carbonyl (C=O) groups is 2. The molecule has 0 aliphatic carbocycles. The van der Waals surface area contributed by atoms with E-state index >= 15 is 0 Å². The van der Waals surface area contributed by atoms with Crippen molar-refractivity contribution in [3.05, 3.63) is 24.3 Å². The highest BCUT2D eigenvalue weighted by atomic mass is 31.2. The molecule has 0 aliphatic heterocycles. The lowest BCUT2D eigenvalue weighted by atomic mass is 10.0. The summed E-state index contributed by atoms with van der Waals surface area (Å²) in [6.07, 6.45) is 50.7. The average Bonchev–Trinajstić information content (AvgIpc) is 3.22. The van der Waals surface area contributed by atoms with Crippen LogP contribution in [0, 0.1) is 0 Å². The zero-order valence-electron chi connectivity index (χ0n) is 38.5. The first-order chi connectivity index (χ1) is 28.8. The molecule has 10 heteroatoms. The van der Waals surface area contributed by atoms with Crippen molar-refractivity contribution in [1.29, 1.82) is 0 Å². The van der Waals surface area contributed by atoms with Gasteiger partial charge in [0.2, 0.25) is 0 Å². The molecule has 59 heavy (non-hydrogen) atoms. The van der Waals surface area contributed by atoms with Gasteiger partial charge < -0.3 is 20.1 Å². The van der Waals surface area contributed by atoms with Gasteiger partial charge in [-0.05, 0) is 44.9 Å². The molecule has 348 valence electrons. The number of ether oxygens (including phenoxy) is 2. The van der Waals surface area contributed by atoms with E-state index in [4.69, 9.17) is 24.3 Å². The number of nitrogens with two attached hydrogens (primary N) is 1. The first-order valence-electron chi connectivity index (χ1n) is 24.8. The Balaban J connectivity index is 4.03. The Bertz CT molecular complexity index is 1020. The van der Waals surface area contributed by atoms with E-state index in [1.807, 2.05) is 0 Å². The first kappa shape index (κ1) is 57.5. The van der Waals surface area contributed by atoms with Crippen molar-refractivity contribution in [2.24, 2.45) is 5.73 Å². The molecule has 0 saturated carbocycles. The highest BCUT2D eigenvalue weighted by Gasteiger charge is 2.26. The van der Waals surface area contributed by atoms with E-state index in [-0.39, 0.29) is 38.6 Å². The third-order valence-electron chi connectivity index (χ3n) is 10.8. The van der Waals surface area contributed by atoms with E-state index in [1.54, 1.807) is 0 Å². The van der Waals surface area contributed by atoms with Gasteiger partial charge in [0.25, 0.3) is 0 Å². The Hall–Kier alpha value is -1.51. The zero-order chi connectivity index (χ0) is 43.2. The highest BCUT2D eigenvalue weighted by Crippen LogP contribution is 2.43. The van der Waals surface area contributed by atoms with Crippen molar-refractivity contribution >= 4 is 19.8 Å². The number of phosphoric acid groups is 1. The molecule has 0 radical (unpaired) electrons. The van der Waals surface area contributed by atoms with Gasteiger partial charge in [0, 0.05) is 19.4 Å². The first-order valence-corrected chi connectivity index (χ1v) is 26.3. The summed E-state index contributed by atoms with van der Waals surface area (Å²) >= 11 is 0. The molecular formula is C49H94NO8P. The fourth-order valence-electron chi connectivity index (χ4n) is 7.14. The topological polar surface area (TPSA) is 134 Å². The highest BCUT2D eigenvalue weighted by molar-refractivity contribution is 7.47. The van der Waals surface area contributed by atoms with Gasteiger partial charge >= 0.3 is 19.8 Å². The normalized spacial score (nSPS) is 13.4. The van der Waals surface area contributed by atoms with Crippen LogP contribution in [0.3, 0.4) is 0 Å². The van der Waals surface area contributed by atoms with Gasteiger partial charge in [-0.15, -0.1) is 0 Å². The van der Waals surface area contributed by atoms with Gasteiger partial charge in [0.15, 0.2) is 6.10 Å². The predicted molar refractivity (Wildman–Crippen MR) is 247 cm³/mol. The summed E-state index contributed by atoms with van der Waals surface area (Å²) in [5, 5.41) is 0. The van der Waals surface area contributed by atoms with E-state index in [0.29, 0.717) is 6.42 Å². The lowest BCUT2D eigenvalue weighted by molar-refractivity contribution is -0.161. The van der Waals surface area contributed by atoms with Crippen LogP contribution in [0.1, 0.15) is 245 Å². The molecule has 0 aromatic carbocycles. The van der Waals surface area contributed by atoms with Crippen LogP contribution < -0.4 is 5.73 Å². The predicted octanol–water partition coefficient (Wildman–Crippen LogP) is 14.7. The van der Waals surface area contributed by atoms with E-state index in [1.165, 1.54) is 161 Å². The molecule has 0 amide bonds. The third kappa shape index (κ3) is 45.8. The molecule has 3 N–H and O–H groups in total. The molecule has 0 spiro atoms. The van der Waals surface area contributed by atoms with Crippen molar-refractivity contribution in [1.82, 2.24) is 0 Å². The van der Waals surface area contributed by atoms with Crippen molar-refractivity contribution in [2.45, 2.75) is 251 Å². The molecular weight excluding hydrogens is 762 g/mol. The molecule has 0 bridgehead atoms. The molecule has 1 unspecified atom stereocenters. The summed E-state index contributed by atoms with van der Waals surface area (Å²) in [6, 6.07) is 0. The molecule has 0 rings (SSSR count). The number of hydrogen-bond acceptors (Lipinski definition) is 8. The molecule has 2 atom stereocenters. The maximum absolute atomic E-state index is 12.6. The minimum Gasteiger partial charge on any atom is -0.462 e. The van der Waals surface area contributed by atoms with E-state index in [2.05, 4.69) is 38.2 Å². The van der Waals surface area contributed by atoms with Crippen molar-refractivity contribution in [3.8, 4) is 0 Å². The summed E-state index contributed by atoms with van der Waals surface area (Å²) < 4.78 is 32.9. The van der Waals surface area contributed by atoms with Gasteiger partial charge in [-0.1, -0.05) is 212 Å². The van der Waals surface area contributed by atoms with Crippen LogP contribution in [0.15, 0.2) is 24.3 Å². The summed E-state index contributed by atoms with van der Waals surface area (Å²) in [4.78, 5) is 35.0. The minimum atomic E-state index is -4.38. The van der Waals surface area contributed by atoms with Crippen LogP contribution in [-0.4, -0.2) is 49.3 Å². The van der Waals surface area contributed by atoms with Crippen LogP contribution in [0.2, 0.25) is 0 Å². The van der Waals surface area contributed by atoms with Gasteiger partial charge in [-0.2, -0.15) is 0 Å². The summed E-state index contributed by atoms with van der Waals surface area (Å²) in [7, 11) is -4.38. The number of carbonyl (C=O) groups excluding carboxylic acids is 2. The Morgan fingerprint density at radius 3 is 1.32 bits per heavy atom. The molecule has 0 heterocycles. The standard InChI is InChI=1S/C49H94NO8P/c1-3-5-7-9-11-13-15-17-19-21-22-23-24-26-27-29-31-33-35-37-39-41-48(51)55-45-47(46-57-59(53,54)56-44-43-50)58-49(52)42-40-38-36-34-32-30-28-25-20-18-16-14-12-10-8-6-4-2/h12,14,18,20,47H,3-11,13,15-17,19,21-46,50H2,1-2H3,(H,53,54)/b14-12-,20-18-/t47-/m1/s1. The number of rotatable bonds is 47. The SMILES string of the molecule is CCCCC/C=C\C/C=C\CCCCCCCCCC(=O)O[C@H](COC(=O)CCCCCCCCCCCCCCCCCCCCCCC)COP(=O)(O)OCCN. The zero-order valence-corrected chi connectivity index (χ0v) is 39.4. The van der Waals surface area contributed by atoms with E-state index in [9.17, 15) is 19.0 Å². The van der Waals surface area contributed by atoms with Gasteiger partial charge in [-0.3, -0.25) is 18.6 Å². The molecule has 0 fully saturated rings. The van der Waals surface area contributed by atoms with Crippen molar-refractivity contribution in [3.63, 3.8) is 0 Å². The smallest absolute Gasteiger partial charge is 0.462 e. The Kier molecular flexibility index (Phi) is 44.8. The largest absolute Gasteiger partial charge is 0.472 e. The molecule has 0 aliphatic rings. The lowest BCUT2D eigenvalue weighted by Gasteiger charge is -2.19. The van der Waals surface area contributed by atoms with E-state index < -0.39 is 26.5 Å². The number of unbranched alkanes of at least 4 members (excludes halogenated alkanes) is 30. The van der Waals surface area contributed by atoms with Crippen LogP contribution in [0.5, 0.6) is 0 Å². The number of phosphoric ester groups is 1.